The number of anilines is 6. The Morgan fingerprint density at radius 3 is 1.35 bits per heavy atom. The fraction of sp³-hybridized carbons (Fsp3) is 0. The maximum atomic E-state index is 5.77. The highest BCUT2D eigenvalue weighted by atomic mass is 16.3. The average molecular weight is 655 g/mol. The number of fused-ring (bicyclic) bond motifs is 2. The standard InChI is InChI=1S/C48H34N2O/c1-2-17-40(18-3-1)49(46-22-9-14-37-12-4-6-20-44(37)46)41-29-25-35(26-30-41)36-27-31-42(32-28-36)50(47-23-10-15-38-13-5-7-21-45(38)47)43-19-8-16-39(34-43)48-24-11-33-51-48/h1-34H. The second-order valence-electron chi connectivity index (χ2n) is 12.6. The Morgan fingerprint density at radius 1 is 0.314 bits per heavy atom. The molecular weight excluding hydrogens is 621 g/mol. The van der Waals surface area contributed by atoms with Gasteiger partial charge in [-0.2, -0.15) is 0 Å². The van der Waals surface area contributed by atoms with Gasteiger partial charge in [0.1, 0.15) is 5.76 Å². The van der Waals surface area contributed by atoms with Gasteiger partial charge in [0.05, 0.1) is 17.6 Å². The molecule has 0 saturated carbocycles. The Hall–Kier alpha value is -6.84. The zero-order valence-electron chi connectivity index (χ0n) is 27.9. The van der Waals surface area contributed by atoms with E-state index in [1.807, 2.05) is 12.1 Å². The van der Waals surface area contributed by atoms with Crippen LogP contribution in [0.25, 0.3) is 44.0 Å². The molecule has 0 radical (unpaired) electrons. The Kier molecular flexibility index (Phi) is 7.84. The van der Waals surface area contributed by atoms with Crippen molar-refractivity contribution in [2.45, 2.75) is 0 Å². The van der Waals surface area contributed by atoms with Crippen LogP contribution >= 0.6 is 0 Å². The average Bonchev–Trinajstić information content (AvgIpc) is 3.75. The number of benzene rings is 8. The smallest absolute Gasteiger partial charge is 0.133 e. The van der Waals surface area contributed by atoms with Crippen molar-refractivity contribution in [1.29, 1.82) is 0 Å². The number of nitrogens with zero attached hydrogens (tertiary/aromatic N) is 2. The van der Waals surface area contributed by atoms with Gasteiger partial charge in [-0.3, -0.25) is 0 Å². The van der Waals surface area contributed by atoms with Crippen LogP contribution in [-0.4, -0.2) is 0 Å². The summed E-state index contributed by atoms with van der Waals surface area (Å²) in [5.41, 5.74) is 10.00. The van der Waals surface area contributed by atoms with Crippen molar-refractivity contribution in [3.8, 4) is 22.5 Å². The lowest BCUT2D eigenvalue weighted by atomic mass is 10.0. The molecule has 0 fully saturated rings. The quantitative estimate of drug-likeness (QED) is 0.163. The van der Waals surface area contributed by atoms with Crippen molar-refractivity contribution < 1.29 is 4.42 Å². The van der Waals surface area contributed by atoms with Gasteiger partial charge in [0.25, 0.3) is 0 Å². The molecule has 9 rings (SSSR count). The molecular formula is C48H34N2O. The van der Waals surface area contributed by atoms with Crippen molar-refractivity contribution in [1.82, 2.24) is 0 Å². The lowest BCUT2D eigenvalue weighted by molar-refractivity contribution is 0.582. The third-order valence-corrected chi connectivity index (χ3v) is 9.52. The van der Waals surface area contributed by atoms with Crippen molar-refractivity contribution in [2.24, 2.45) is 0 Å². The summed E-state index contributed by atoms with van der Waals surface area (Å²) in [4.78, 5) is 4.68. The van der Waals surface area contributed by atoms with E-state index in [0.717, 1.165) is 56.6 Å². The molecule has 0 amide bonds. The summed E-state index contributed by atoms with van der Waals surface area (Å²) in [5.74, 6) is 0.847. The lowest BCUT2D eigenvalue weighted by Gasteiger charge is -2.27. The van der Waals surface area contributed by atoms with E-state index in [1.54, 1.807) is 6.26 Å². The normalized spacial score (nSPS) is 11.1. The summed E-state index contributed by atoms with van der Waals surface area (Å²) in [7, 11) is 0. The van der Waals surface area contributed by atoms with Crippen molar-refractivity contribution in [3.63, 3.8) is 0 Å². The van der Waals surface area contributed by atoms with Crippen molar-refractivity contribution in [3.05, 3.63) is 206 Å². The summed E-state index contributed by atoms with van der Waals surface area (Å²) in [6.45, 7) is 0. The van der Waals surface area contributed by atoms with E-state index in [0.29, 0.717) is 0 Å². The maximum Gasteiger partial charge on any atom is 0.133 e. The first-order chi connectivity index (χ1) is 25.3. The molecule has 0 spiro atoms. The molecule has 3 nitrogen and oxygen atoms in total. The monoisotopic (exact) mass is 654 g/mol. The van der Waals surface area contributed by atoms with Gasteiger partial charge in [-0.15, -0.1) is 0 Å². The van der Waals surface area contributed by atoms with E-state index in [9.17, 15) is 0 Å². The molecule has 0 aliphatic carbocycles. The molecule has 0 aliphatic rings. The fourth-order valence-corrected chi connectivity index (χ4v) is 7.09. The molecule has 8 aromatic carbocycles. The van der Waals surface area contributed by atoms with E-state index in [2.05, 4.69) is 198 Å². The van der Waals surface area contributed by atoms with Crippen LogP contribution < -0.4 is 9.80 Å². The van der Waals surface area contributed by atoms with Gasteiger partial charge in [0.15, 0.2) is 0 Å². The van der Waals surface area contributed by atoms with Crippen molar-refractivity contribution in [2.75, 3.05) is 9.80 Å². The zero-order chi connectivity index (χ0) is 34.0. The summed E-state index contributed by atoms with van der Waals surface area (Å²) in [6, 6.07) is 71.0. The van der Waals surface area contributed by atoms with Crippen LogP contribution in [0.3, 0.4) is 0 Å². The lowest BCUT2D eigenvalue weighted by Crippen LogP contribution is -2.10. The first kappa shape index (κ1) is 30.2. The number of furan rings is 1. The number of hydrogen-bond donors (Lipinski definition) is 0. The van der Waals surface area contributed by atoms with Gasteiger partial charge < -0.3 is 14.2 Å². The van der Waals surface area contributed by atoms with E-state index in [1.165, 1.54) is 21.5 Å². The molecule has 242 valence electrons. The van der Waals surface area contributed by atoms with Crippen LogP contribution in [-0.2, 0) is 0 Å². The predicted octanol–water partition coefficient (Wildman–Crippen LogP) is 13.9. The second kappa shape index (κ2) is 13.2. The van der Waals surface area contributed by atoms with Crippen LogP contribution in [0, 0.1) is 0 Å². The Labute approximate surface area is 297 Å². The molecule has 9 aromatic rings. The van der Waals surface area contributed by atoms with E-state index >= 15 is 0 Å². The van der Waals surface area contributed by atoms with E-state index in [4.69, 9.17) is 4.42 Å². The van der Waals surface area contributed by atoms with Crippen LogP contribution in [0.15, 0.2) is 211 Å². The summed E-state index contributed by atoms with van der Waals surface area (Å²) in [5, 5.41) is 4.83. The molecule has 0 unspecified atom stereocenters. The number of para-hydroxylation sites is 1. The first-order valence-electron chi connectivity index (χ1n) is 17.3. The van der Waals surface area contributed by atoms with Gasteiger partial charge in [0, 0.05) is 39.1 Å². The summed E-state index contributed by atoms with van der Waals surface area (Å²) >= 11 is 0. The zero-order valence-corrected chi connectivity index (χ0v) is 27.9. The Morgan fingerprint density at radius 2 is 0.784 bits per heavy atom. The van der Waals surface area contributed by atoms with E-state index in [-0.39, 0.29) is 0 Å². The second-order valence-corrected chi connectivity index (χ2v) is 12.6. The van der Waals surface area contributed by atoms with Gasteiger partial charge in [-0.1, -0.05) is 127 Å². The fourth-order valence-electron chi connectivity index (χ4n) is 7.09. The van der Waals surface area contributed by atoms with Crippen LogP contribution in [0.4, 0.5) is 34.1 Å². The SMILES string of the molecule is c1ccc(N(c2ccc(-c3ccc(N(c4cccc(-c5ccco5)c4)c4cccc5ccccc45)cc3)cc2)c2cccc3ccccc23)cc1. The third kappa shape index (κ3) is 5.81. The summed E-state index contributed by atoms with van der Waals surface area (Å²) in [6.07, 6.45) is 1.72. The molecule has 1 heterocycles. The minimum atomic E-state index is 0.847. The van der Waals surface area contributed by atoms with Gasteiger partial charge >= 0.3 is 0 Å². The van der Waals surface area contributed by atoms with Gasteiger partial charge in [-0.05, 0) is 94.7 Å². The molecule has 1 aromatic heterocycles. The maximum absolute atomic E-state index is 5.77. The van der Waals surface area contributed by atoms with Crippen LogP contribution in [0.2, 0.25) is 0 Å². The van der Waals surface area contributed by atoms with Crippen molar-refractivity contribution >= 4 is 55.7 Å². The topological polar surface area (TPSA) is 19.6 Å². The Balaban J connectivity index is 1.09. The van der Waals surface area contributed by atoms with Crippen LogP contribution in [0.1, 0.15) is 0 Å². The Bertz CT molecular complexity index is 2560. The highest BCUT2D eigenvalue weighted by Gasteiger charge is 2.18. The third-order valence-electron chi connectivity index (χ3n) is 9.52. The minimum Gasteiger partial charge on any atom is -0.464 e. The first-order valence-corrected chi connectivity index (χ1v) is 17.3. The largest absolute Gasteiger partial charge is 0.464 e. The molecule has 0 atom stereocenters. The van der Waals surface area contributed by atoms with Gasteiger partial charge in [-0.25, -0.2) is 0 Å². The molecule has 0 aliphatic heterocycles. The van der Waals surface area contributed by atoms with Gasteiger partial charge in [0.2, 0.25) is 0 Å². The highest BCUT2D eigenvalue weighted by Crippen LogP contribution is 2.42. The number of rotatable bonds is 8. The van der Waals surface area contributed by atoms with E-state index < -0.39 is 0 Å². The predicted molar refractivity (Wildman–Crippen MR) is 214 cm³/mol. The molecule has 0 N–H and O–H groups in total. The number of hydrogen-bond acceptors (Lipinski definition) is 3. The minimum absolute atomic E-state index is 0.847. The molecule has 3 heteroatoms. The molecule has 0 bridgehead atoms. The molecule has 51 heavy (non-hydrogen) atoms. The van der Waals surface area contributed by atoms with Crippen LogP contribution in [0.5, 0.6) is 0 Å². The highest BCUT2D eigenvalue weighted by molar-refractivity contribution is 6.00. The summed E-state index contributed by atoms with van der Waals surface area (Å²) < 4.78 is 5.77. The molecule has 0 saturated heterocycles.